The maximum absolute atomic E-state index is 13.5. The smallest absolute Gasteiger partial charge is 0.296 e. The maximum atomic E-state index is 13.5. The van der Waals surface area contributed by atoms with E-state index in [1.165, 1.54) is 24.3 Å². The SMILES string of the molecule is Cc1ccc(S(=O)(=O)OCCC2Cc3cc(F)ccc3OC2(C)C)cc1. The Hall–Kier alpha value is -1.92. The van der Waals surface area contributed by atoms with E-state index < -0.39 is 15.7 Å². The highest BCUT2D eigenvalue weighted by atomic mass is 32.2. The minimum Gasteiger partial charge on any atom is -0.487 e. The molecular weight excluding hydrogens is 355 g/mol. The first-order chi connectivity index (χ1) is 12.2. The van der Waals surface area contributed by atoms with Crippen molar-refractivity contribution in [2.75, 3.05) is 6.61 Å². The second-order valence-electron chi connectivity index (χ2n) is 7.24. The van der Waals surface area contributed by atoms with Crippen molar-refractivity contribution in [1.82, 2.24) is 0 Å². The topological polar surface area (TPSA) is 52.6 Å². The van der Waals surface area contributed by atoms with E-state index in [4.69, 9.17) is 8.92 Å². The summed E-state index contributed by atoms with van der Waals surface area (Å²) in [5.74, 6) is 0.398. The van der Waals surface area contributed by atoms with Crippen LogP contribution in [-0.4, -0.2) is 20.6 Å². The third kappa shape index (κ3) is 4.07. The summed E-state index contributed by atoms with van der Waals surface area (Å²) in [6.45, 7) is 5.86. The fraction of sp³-hybridized carbons (Fsp3) is 0.400. The van der Waals surface area contributed by atoms with Gasteiger partial charge < -0.3 is 4.74 Å². The molecule has 0 N–H and O–H groups in total. The van der Waals surface area contributed by atoms with Gasteiger partial charge in [0.25, 0.3) is 10.1 Å². The molecule has 0 bridgehead atoms. The largest absolute Gasteiger partial charge is 0.487 e. The number of aryl methyl sites for hydroxylation is 1. The predicted molar refractivity (Wildman–Crippen MR) is 97.2 cm³/mol. The average molecular weight is 378 g/mol. The van der Waals surface area contributed by atoms with E-state index in [1.54, 1.807) is 18.2 Å². The molecule has 1 aliphatic heterocycles. The van der Waals surface area contributed by atoms with Crippen LogP contribution in [0.3, 0.4) is 0 Å². The van der Waals surface area contributed by atoms with Gasteiger partial charge in [0.2, 0.25) is 0 Å². The molecule has 3 rings (SSSR count). The van der Waals surface area contributed by atoms with Crippen molar-refractivity contribution < 1.29 is 21.7 Å². The lowest BCUT2D eigenvalue weighted by atomic mass is 9.80. The molecule has 0 radical (unpaired) electrons. The van der Waals surface area contributed by atoms with Gasteiger partial charge in [0.05, 0.1) is 11.5 Å². The fourth-order valence-electron chi connectivity index (χ4n) is 3.21. The van der Waals surface area contributed by atoms with Crippen molar-refractivity contribution >= 4 is 10.1 Å². The molecule has 1 atom stereocenters. The minimum atomic E-state index is -3.78. The number of fused-ring (bicyclic) bond motifs is 1. The summed E-state index contributed by atoms with van der Waals surface area (Å²) in [7, 11) is -3.78. The number of ether oxygens (including phenoxy) is 1. The molecule has 6 heteroatoms. The zero-order valence-corrected chi connectivity index (χ0v) is 16.0. The maximum Gasteiger partial charge on any atom is 0.296 e. The summed E-state index contributed by atoms with van der Waals surface area (Å²) in [5, 5.41) is 0. The van der Waals surface area contributed by atoms with Crippen molar-refractivity contribution in [1.29, 1.82) is 0 Å². The molecule has 2 aromatic rings. The van der Waals surface area contributed by atoms with Crippen molar-refractivity contribution in [3.63, 3.8) is 0 Å². The van der Waals surface area contributed by atoms with Crippen LogP contribution in [0, 0.1) is 18.7 Å². The molecule has 0 spiro atoms. The van der Waals surface area contributed by atoms with E-state index in [2.05, 4.69) is 0 Å². The lowest BCUT2D eigenvalue weighted by molar-refractivity contribution is 0.0169. The molecule has 1 unspecified atom stereocenters. The Bertz CT molecular complexity index is 889. The van der Waals surface area contributed by atoms with E-state index in [0.29, 0.717) is 18.6 Å². The van der Waals surface area contributed by atoms with E-state index in [-0.39, 0.29) is 23.2 Å². The molecule has 0 fully saturated rings. The molecule has 1 aliphatic rings. The Morgan fingerprint density at radius 1 is 1.19 bits per heavy atom. The third-order valence-corrected chi connectivity index (χ3v) is 6.19. The van der Waals surface area contributed by atoms with Gasteiger partial charge in [-0.2, -0.15) is 8.42 Å². The Balaban J connectivity index is 1.66. The van der Waals surface area contributed by atoms with Gasteiger partial charge in [-0.05, 0) is 69.5 Å². The first-order valence-corrected chi connectivity index (χ1v) is 10.0. The van der Waals surface area contributed by atoms with Gasteiger partial charge in [0.1, 0.15) is 17.2 Å². The molecule has 26 heavy (non-hydrogen) atoms. The highest BCUT2D eigenvalue weighted by molar-refractivity contribution is 7.86. The zero-order chi connectivity index (χ0) is 18.9. The lowest BCUT2D eigenvalue weighted by Crippen LogP contribution is -2.42. The zero-order valence-electron chi connectivity index (χ0n) is 15.2. The van der Waals surface area contributed by atoms with Crippen LogP contribution >= 0.6 is 0 Å². The second kappa shape index (κ2) is 7.00. The molecular formula is C20H23FO4S. The molecule has 0 saturated heterocycles. The van der Waals surface area contributed by atoms with Crippen LogP contribution in [0.5, 0.6) is 5.75 Å². The van der Waals surface area contributed by atoms with E-state index in [1.807, 2.05) is 20.8 Å². The van der Waals surface area contributed by atoms with E-state index in [9.17, 15) is 12.8 Å². The van der Waals surface area contributed by atoms with Crippen LogP contribution < -0.4 is 4.74 Å². The van der Waals surface area contributed by atoms with E-state index >= 15 is 0 Å². The van der Waals surface area contributed by atoms with Crippen LogP contribution in [0.1, 0.15) is 31.4 Å². The van der Waals surface area contributed by atoms with Gasteiger partial charge >= 0.3 is 0 Å². The Morgan fingerprint density at radius 2 is 1.88 bits per heavy atom. The van der Waals surface area contributed by atoms with Gasteiger partial charge in [-0.1, -0.05) is 17.7 Å². The second-order valence-corrected chi connectivity index (χ2v) is 8.85. The van der Waals surface area contributed by atoms with E-state index in [0.717, 1.165) is 11.1 Å². The fourth-order valence-corrected chi connectivity index (χ4v) is 4.13. The summed E-state index contributed by atoms with van der Waals surface area (Å²) >= 11 is 0. The normalized spacial score (nSPS) is 18.8. The first-order valence-electron chi connectivity index (χ1n) is 8.61. The van der Waals surface area contributed by atoms with Gasteiger partial charge in [0.15, 0.2) is 0 Å². The van der Waals surface area contributed by atoms with Crippen molar-refractivity contribution in [2.45, 2.75) is 44.1 Å². The molecule has 0 saturated carbocycles. The van der Waals surface area contributed by atoms with Crippen LogP contribution in [0.4, 0.5) is 4.39 Å². The highest BCUT2D eigenvalue weighted by Crippen LogP contribution is 2.38. The number of rotatable bonds is 5. The van der Waals surface area contributed by atoms with Crippen molar-refractivity contribution in [2.24, 2.45) is 5.92 Å². The molecule has 140 valence electrons. The molecule has 0 aliphatic carbocycles. The van der Waals surface area contributed by atoms with Gasteiger partial charge in [-0.25, -0.2) is 4.39 Å². The van der Waals surface area contributed by atoms with Crippen LogP contribution in [0.25, 0.3) is 0 Å². The monoisotopic (exact) mass is 378 g/mol. The Morgan fingerprint density at radius 3 is 2.58 bits per heavy atom. The number of halogens is 1. The van der Waals surface area contributed by atoms with Crippen LogP contribution in [0.2, 0.25) is 0 Å². The van der Waals surface area contributed by atoms with Gasteiger partial charge in [-0.3, -0.25) is 4.18 Å². The summed E-state index contributed by atoms with van der Waals surface area (Å²) in [5.41, 5.74) is 1.30. The lowest BCUT2D eigenvalue weighted by Gasteiger charge is -2.40. The Kier molecular flexibility index (Phi) is 5.08. The molecule has 4 nitrogen and oxygen atoms in total. The van der Waals surface area contributed by atoms with Crippen molar-refractivity contribution in [3.05, 3.63) is 59.4 Å². The van der Waals surface area contributed by atoms with Gasteiger partial charge in [-0.15, -0.1) is 0 Å². The molecule has 1 heterocycles. The summed E-state index contributed by atoms with van der Waals surface area (Å²) in [6.07, 6.45) is 1.11. The summed E-state index contributed by atoms with van der Waals surface area (Å²) in [4.78, 5) is 0.148. The average Bonchev–Trinajstić information content (AvgIpc) is 2.56. The Labute approximate surface area is 154 Å². The molecule has 2 aromatic carbocycles. The summed E-state index contributed by atoms with van der Waals surface area (Å²) in [6, 6.07) is 11.0. The number of benzene rings is 2. The predicted octanol–water partition coefficient (Wildman–Crippen LogP) is 4.26. The van der Waals surface area contributed by atoms with Crippen LogP contribution in [0.15, 0.2) is 47.4 Å². The standard InChI is InChI=1S/C20H23FO4S/c1-14-4-7-18(8-5-14)26(22,23)24-11-10-16-12-15-13-17(21)6-9-19(15)25-20(16,2)3/h4-9,13,16H,10-12H2,1-3H3. The highest BCUT2D eigenvalue weighted by Gasteiger charge is 2.37. The molecule has 0 amide bonds. The minimum absolute atomic E-state index is 0.0185. The van der Waals surface area contributed by atoms with Crippen LogP contribution in [-0.2, 0) is 20.7 Å². The van der Waals surface area contributed by atoms with Gasteiger partial charge in [0, 0.05) is 5.92 Å². The first kappa shape index (κ1) is 18.9. The molecule has 0 aromatic heterocycles. The van der Waals surface area contributed by atoms with Crippen molar-refractivity contribution in [3.8, 4) is 5.75 Å². The number of hydrogen-bond donors (Lipinski definition) is 0. The third-order valence-electron chi connectivity index (χ3n) is 4.86. The quantitative estimate of drug-likeness (QED) is 0.730. The number of hydrogen-bond acceptors (Lipinski definition) is 4. The summed E-state index contributed by atoms with van der Waals surface area (Å²) < 4.78 is 49.3.